The molecule has 0 bridgehead atoms. The fraction of sp³-hybridized carbons (Fsp3) is 0.444. The standard InChI is InChI=1S/C27H35N3O6/c1-34-24-16-22(36-15-7-6-14-31)17-25(35-2)23(24)19-30(27(33)20-8-4-3-5-9-20)21-11-13-29(18-21)26(32)10-12-28/h3-5,8-9,14,16-17,21H,6-7,10-13,15,18-19,28H2,1-2H3. The molecule has 2 aromatic rings. The Labute approximate surface area is 212 Å². The minimum atomic E-state index is -0.173. The normalized spacial score (nSPS) is 14.9. The predicted octanol–water partition coefficient (Wildman–Crippen LogP) is 2.65. The van der Waals surface area contributed by atoms with Gasteiger partial charge in [0, 0.05) is 50.2 Å². The first-order valence-corrected chi connectivity index (χ1v) is 12.2. The van der Waals surface area contributed by atoms with E-state index in [-0.39, 0.29) is 30.8 Å². The van der Waals surface area contributed by atoms with Crippen LogP contribution in [-0.2, 0) is 16.1 Å². The number of nitrogens with two attached hydrogens (primary N) is 1. The third-order valence-corrected chi connectivity index (χ3v) is 6.24. The van der Waals surface area contributed by atoms with E-state index in [2.05, 4.69) is 0 Å². The summed E-state index contributed by atoms with van der Waals surface area (Å²) in [6.07, 6.45) is 2.85. The van der Waals surface area contributed by atoms with E-state index in [1.54, 1.807) is 48.3 Å². The second-order valence-corrected chi connectivity index (χ2v) is 8.58. The molecule has 0 aliphatic carbocycles. The maximum atomic E-state index is 13.7. The van der Waals surface area contributed by atoms with Gasteiger partial charge in [-0.15, -0.1) is 0 Å². The summed E-state index contributed by atoms with van der Waals surface area (Å²) < 4.78 is 17.1. The summed E-state index contributed by atoms with van der Waals surface area (Å²) in [5.41, 5.74) is 6.85. The molecule has 2 aromatic carbocycles. The van der Waals surface area contributed by atoms with Gasteiger partial charge >= 0.3 is 0 Å². The van der Waals surface area contributed by atoms with Crippen LogP contribution >= 0.6 is 0 Å². The van der Waals surface area contributed by atoms with E-state index in [4.69, 9.17) is 19.9 Å². The van der Waals surface area contributed by atoms with E-state index in [1.807, 2.05) is 18.2 Å². The molecule has 2 amide bonds. The van der Waals surface area contributed by atoms with Crippen molar-refractivity contribution in [1.82, 2.24) is 9.80 Å². The van der Waals surface area contributed by atoms with Gasteiger partial charge in [0.05, 0.1) is 39.0 Å². The summed E-state index contributed by atoms with van der Waals surface area (Å²) in [5, 5.41) is 0. The number of ether oxygens (including phenoxy) is 3. The van der Waals surface area contributed by atoms with Crippen molar-refractivity contribution in [3.05, 3.63) is 53.6 Å². The number of carbonyl (C=O) groups excluding carboxylic acids is 3. The number of unbranched alkanes of at least 4 members (excludes halogenated alkanes) is 1. The van der Waals surface area contributed by atoms with Crippen LogP contribution < -0.4 is 19.9 Å². The zero-order chi connectivity index (χ0) is 25.9. The van der Waals surface area contributed by atoms with Crippen LogP contribution in [0.5, 0.6) is 17.2 Å². The van der Waals surface area contributed by atoms with Gasteiger partial charge in [0.25, 0.3) is 5.91 Å². The Kier molecular flexibility index (Phi) is 10.1. The van der Waals surface area contributed by atoms with Crippen molar-refractivity contribution < 1.29 is 28.6 Å². The van der Waals surface area contributed by atoms with E-state index >= 15 is 0 Å². The quantitative estimate of drug-likeness (QED) is 0.335. The lowest BCUT2D eigenvalue weighted by molar-refractivity contribution is -0.130. The lowest BCUT2D eigenvalue weighted by atomic mass is 10.1. The third kappa shape index (κ3) is 6.75. The molecule has 9 heteroatoms. The highest BCUT2D eigenvalue weighted by atomic mass is 16.5. The van der Waals surface area contributed by atoms with E-state index < -0.39 is 0 Å². The van der Waals surface area contributed by atoms with Gasteiger partial charge in [-0.3, -0.25) is 9.59 Å². The molecule has 3 rings (SSSR count). The van der Waals surface area contributed by atoms with Gasteiger partial charge in [0.2, 0.25) is 5.91 Å². The number of hydrogen-bond donors (Lipinski definition) is 1. The van der Waals surface area contributed by atoms with Gasteiger partial charge in [-0.05, 0) is 25.0 Å². The molecule has 194 valence electrons. The SMILES string of the molecule is COc1cc(OCCCC=O)cc(OC)c1CN(C(=O)c1ccccc1)C1CCN(C(=O)CCN)C1. The van der Waals surface area contributed by atoms with Crippen LogP contribution in [0.15, 0.2) is 42.5 Å². The van der Waals surface area contributed by atoms with Gasteiger partial charge in [-0.1, -0.05) is 18.2 Å². The zero-order valence-electron chi connectivity index (χ0n) is 21.0. The molecule has 9 nitrogen and oxygen atoms in total. The molecule has 1 atom stereocenters. The third-order valence-electron chi connectivity index (χ3n) is 6.24. The highest BCUT2D eigenvalue weighted by Gasteiger charge is 2.34. The topological polar surface area (TPSA) is 111 Å². The van der Waals surface area contributed by atoms with Crippen LogP contribution in [0.3, 0.4) is 0 Å². The highest BCUT2D eigenvalue weighted by Crippen LogP contribution is 2.36. The van der Waals surface area contributed by atoms with Crippen molar-refractivity contribution in [3.63, 3.8) is 0 Å². The Balaban J connectivity index is 1.90. The summed E-state index contributed by atoms with van der Waals surface area (Å²) in [5.74, 6) is 1.48. The Bertz CT molecular complexity index is 1000. The fourth-order valence-electron chi connectivity index (χ4n) is 4.34. The summed E-state index contributed by atoms with van der Waals surface area (Å²) in [4.78, 5) is 40.2. The molecule has 1 aliphatic rings. The smallest absolute Gasteiger partial charge is 0.254 e. The molecule has 1 fully saturated rings. The Morgan fingerprint density at radius 2 is 1.83 bits per heavy atom. The van der Waals surface area contributed by atoms with Crippen LogP contribution in [0.1, 0.15) is 41.6 Å². The van der Waals surface area contributed by atoms with Crippen molar-refractivity contribution in [2.45, 2.75) is 38.3 Å². The molecule has 0 spiro atoms. The first kappa shape index (κ1) is 27.0. The number of likely N-dealkylation sites (tertiary alicyclic amines) is 1. The maximum absolute atomic E-state index is 13.7. The summed E-state index contributed by atoms with van der Waals surface area (Å²) in [7, 11) is 3.11. The van der Waals surface area contributed by atoms with Crippen molar-refractivity contribution >= 4 is 18.1 Å². The van der Waals surface area contributed by atoms with Crippen LogP contribution in [0.4, 0.5) is 0 Å². The van der Waals surface area contributed by atoms with Crippen molar-refractivity contribution in [1.29, 1.82) is 0 Å². The second kappa shape index (κ2) is 13.5. The van der Waals surface area contributed by atoms with E-state index in [0.717, 1.165) is 6.29 Å². The minimum Gasteiger partial charge on any atom is -0.496 e. The molecule has 1 unspecified atom stereocenters. The first-order valence-electron chi connectivity index (χ1n) is 12.2. The largest absolute Gasteiger partial charge is 0.496 e. The van der Waals surface area contributed by atoms with Gasteiger partial charge in [-0.2, -0.15) is 0 Å². The highest BCUT2D eigenvalue weighted by molar-refractivity contribution is 5.94. The first-order chi connectivity index (χ1) is 17.5. The van der Waals surface area contributed by atoms with Gasteiger partial charge in [0.15, 0.2) is 0 Å². The maximum Gasteiger partial charge on any atom is 0.254 e. The lowest BCUT2D eigenvalue weighted by Crippen LogP contribution is -2.42. The van der Waals surface area contributed by atoms with Gasteiger partial charge in [0.1, 0.15) is 23.5 Å². The van der Waals surface area contributed by atoms with Gasteiger partial charge < -0.3 is 34.5 Å². The summed E-state index contributed by atoms with van der Waals surface area (Å²) in [6, 6.07) is 12.4. The Morgan fingerprint density at radius 1 is 1.14 bits per heavy atom. The van der Waals surface area contributed by atoms with Crippen LogP contribution in [0.2, 0.25) is 0 Å². The monoisotopic (exact) mass is 497 g/mol. The van der Waals surface area contributed by atoms with Crippen molar-refractivity contribution in [3.8, 4) is 17.2 Å². The van der Waals surface area contributed by atoms with Crippen LogP contribution in [0, 0.1) is 0 Å². The molecule has 36 heavy (non-hydrogen) atoms. The van der Waals surface area contributed by atoms with Crippen molar-refractivity contribution in [2.24, 2.45) is 5.73 Å². The number of methoxy groups -OCH3 is 2. The average molecular weight is 498 g/mol. The van der Waals surface area contributed by atoms with E-state index in [1.165, 1.54) is 0 Å². The summed E-state index contributed by atoms with van der Waals surface area (Å²) in [6.45, 7) is 1.93. The molecule has 1 saturated heterocycles. The molecule has 2 N–H and O–H groups in total. The van der Waals surface area contributed by atoms with E-state index in [0.29, 0.717) is 73.9 Å². The Hall–Kier alpha value is -3.59. The number of amides is 2. The molecule has 0 saturated carbocycles. The van der Waals surface area contributed by atoms with Crippen LogP contribution in [0.25, 0.3) is 0 Å². The molecular formula is C27H35N3O6. The molecule has 0 radical (unpaired) electrons. The lowest BCUT2D eigenvalue weighted by Gasteiger charge is -2.31. The number of hydrogen-bond acceptors (Lipinski definition) is 7. The zero-order valence-corrected chi connectivity index (χ0v) is 21.0. The predicted molar refractivity (Wildman–Crippen MR) is 135 cm³/mol. The molecule has 0 aromatic heterocycles. The number of rotatable bonds is 13. The van der Waals surface area contributed by atoms with Crippen LogP contribution in [-0.4, -0.2) is 74.4 Å². The van der Waals surface area contributed by atoms with Gasteiger partial charge in [-0.25, -0.2) is 0 Å². The number of nitrogens with zero attached hydrogens (tertiary/aromatic N) is 2. The molecular weight excluding hydrogens is 462 g/mol. The summed E-state index contributed by atoms with van der Waals surface area (Å²) >= 11 is 0. The van der Waals surface area contributed by atoms with E-state index in [9.17, 15) is 14.4 Å². The molecule has 1 aliphatic heterocycles. The fourth-order valence-corrected chi connectivity index (χ4v) is 4.34. The second-order valence-electron chi connectivity index (χ2n) is 8.58. The van der Waals surface area contributed by atoms with Crippen molar-refractivity contribution in [2.75, 3.05) is 40.5 Å². The number of benzene rings is 2. The Morgan fingerprint density at radius 3 is 2.44 bits per heavy atom. The number of carbonyl (C=O) groups is 3. The minimum absolute atomic E-state index is 0.00153. The molecule has 1 heterocycles. The number of aldehydes is 1. The average Bonchev–Trinajstić information content (AvgIpc) is 3.40.